The Labute approximate surface area is 234 Å². The first-order valence-electron chi connectivity index (χ1n) is 11.8. The van der Waals surface area contributed by atoms with Crippen LogP contribution < -0.4 is 14.8 Å². The summed E-state index contributed by atoms with van der Waals surface area (Å²) in [5.41, 5.74) is 0.801. The van der Waals surface area contributed by atoms with Gasteiger partial charge < -0.3 is 19.7 Å². The van der Waals surface area contributed by atoms with Crippen LogP contribution in [0.3, 0.4) is 0 Å². The van der Waals surface area contributed by atoms with Crippen molar-refractivity contribution in [2.75, 3.05) is 20.7 Å². The lowest BCUT2D eigenvalue weighted by Crippen LogP contribution is -2.43. The van der Waals surface area contributed by atoms with Crippen LogP contribution in [0, 0.1) is 6.92 Å². The number of likely N-dealkylation sites (N-methyl/N-ethyl adjacent to an activating group) is 1. The molecule has 1 aliphatic heterocycles. The van der Waals surface area contributed by atoms with Crippen molar-refractivity contribution in [3.05, 3.63) is 86.8 Å². The number of aryl methyl sites for hydroxylation is 1. The van der Waals surface area contributed by atoms with Crippen LogP contribution in [-0.2, 0) is 21.7 Å². The first-order valence-corrected chi connectivity index (χ1v) is 12.9. The number of halogens is 2. The summed E-state index contributed by atoms with van der Waals surface area (Å²) in [6.45, 7) is 3.27. The van der Waals surface area contributed by atoms with Gasteiger partial charge in [-0.05, 0) is 56.3 Å². The molecule has 1 atom stereocenters. The zero-order valence-corrected chi connectivity index (χ0v) is 23.7. The third-order valence-electron chi connectivity index (χ3n) is 6.35. The van der Waals surface area contributed by atoms with Crippen LogP contribution in [0.2, 0.25) is 5.02 Å². The van der Waals surface area contributed by atoms with E-state index in [0.717, 1.165) is 20.5 Å². The van der Waals surface area contributed by atoms with Gasteiger partial charge in [-0.3, -0.25) is 14.5 Å². The molecule has 1 N–H and O–H groups in total. The molecule has 1 heterocycles. The Morgan fingerprint density at radius 2 is 1.87 bits per heavy atom. The van der Waals surface area contributed by atoms with Gasteiger partial charge in [-0.25, -0.2) is 4.79 Å². The van der Waals surface area contributed by atoms with Crippen molar-refractivity contribution in [2.24, 2.45) is 0 Å². The highest BCUT2D eigenvalue weighted by atomic mass is 79.9. The highest BCUT2D eigenvalue weighted by Crippen LogP contribution is 2.36. The maximum Gasteiger partial charge on any atom is 0.325 e. The zero-order valence-electron chi connectivity index (χ0n) is 21.4. The Bertz CT molecular complexity index is 1410. The number of nitrogens with zero attached hydrogens (tertiary/aromatic N) is 2. The van der Waals surface area contributed by atoms with Crippen LogP contribution in [0.5, 0.6) is 17.2 Å². The lowest BCUT2D eigenvalue weighted by Gasteiger charge is -2.25. The Morgan fingerprint density at radius 1 is 1.11 bits per heavy atom. The second-order valence-corrected chi connectivity index (χ2v) is 10.6. The van der Waals surface area contributed by atoms with E-state index in [9.17, 15) is 14.4 Å². The van der Waals surface area contributed by atoms with Gasteiger partial charge in [0, 0.05) is 34.2 Å². The minimum Gasteiger partial charge on any atom is -0.496 e. The number of rotatable bonds is 8. The second kappa shape index (κ2) is 11.0. The van der Waals surface area contributed by atoms with Gasteiger partial charge >= 0.3 is 6.03 Å². The lowest BCUT2D eigenvalue weighted by molar-refractivity contribution is -0.138. The van der Waals surface area contributed by atoms with Crippen molar-refractivity contribution in [1.29, 1.82) is 0 Å². The highest BCUT2D eigenvalue weighted by Gasteiger charge is 2.51. The Balaban J connectivity index is 1.50. The molecule has 1 aliphatic rings. The van der Waals surface area contributed by atoms with Gasteiger partial charge in [0.05, 0.1) is 7.11 Å². The third-order valence-corrected chi connectivity index (χ3v) is 7.08. The van der Waals surface area contributed by atoms with Crippen molar-refractivity contribution >= 4 is 45.4 Å². The summed E-state index contributed by atoms with van der Waals surface area (Å²) in [4.78, 5) is 41.8. The van der Waals surface area contributed by atoms with Gasteiger partial charge in [-0.1, -0.05) is 51.3 Å². The molecule has 0 aromatic heterocycles. The van der Waals surface area contributed by atoms with Crippen molar-refractivity contribution in [2.45, 2.75) is 25.9 Å². The van der Waals surface area contributed by atoms with E-state index in [-0.39, 0.29) is 6.54 Å². The molecule has 1 unspecified atom stereocenters. The molecular formula is C28H27BrClN3O5. The van der Waals surface area contributed by atoms with E-state index in [2.05, 4.69) is 21.2 Å². The van der Waals surface area contributed by atoms with Gasteiger partial charge in [0.1, 0.15) is 29.3 Å². The number of nitrogens with one attached hydrogen (secondary N) is 1. The molecule has 0 spiro atoms. The Hall–Kier alpha value is -3.56. The van der Waals surface area contributed by atoms with Crippen molar-refractivity contribution in [3.63, 3.8) is 0 Å². The first-order chi connectivity index (χ1) is 18.0. The maximum absolute atomic E-state index is 13.4. The smallest absolute Gasteiger partial charge is 0.325 e. The van der Waals surface area contributed by atoms with E-state index in [0.29, 0.717) is 27.8 Å². The number of benzene rings is 3. The second-order valence-electron chi connectivity index (χ2n) is 9.21. The predicted molar refractivity (Wildman–Crippen MR) is 147 cm³/mol. The molecule has 3 aromatic rings. The minimum absolute atomic E-state index is 0.189. The maximum atomic E-state index is 13.4. The monoisotopic (exact) mass is 599 g/mol. The van der Waals surface area contributed by atoms with Gasteiger partial charge in [0.15, 0.2) is 0 Å². The average Bonchev–Trinajstić information content (AvgIpc) is 3.09. The van der Waals surface area contributed by atoms with Gasteiger partial charge in [-0.15, -0.1) is 0 Å². The number of carbonyl (C=O) groups is 3. The number of methoxy groups -OCH3 is 1. The van der Waals surface area contributed by atoms with E-state index in [4.69, 9.17) is 21.1 Å². The number of imide groups is 1. The van der Waals surface area contributed by atoms with Crippen molar-refractivity contribution < 1.29 is 23.9 Å². The summed E-state index contributed by atoms with van der Waals surface area (Å²) in [7, 11) is 3.11. The van der Waals surface area contributed by atoms with E-state index in [1.54, 1.807) is 56.4 Å². The van der Waals surface area contributed by atoms with Crippen LogP contribution in [0.25, 0.3) is 0 Å². The molecule has 10 heteroatoms. The molecule has 0 aliphatic carbocycles. The summed E-state index contributed by atoms with van der Waals surface area (Å²) < 4.78 is 12.3. The third kappa shape index (κ3) is 5.63. The fourth-order valence-corrected chi connectivity index (χ4v) is 4.77. The average molecular weight is 601 g/mol. The van der Waals surface area contributed by atoms with E-state index < -0.39 is 29.9 Å². The fraction of sp³-hybridized carbons (Fsp3) is 0.250. The number of ether oxygens (including phenoxy) is 2. The number of amides is 4. The zero-order chi connectivity index (χ0) is 27.6. The van der Waals surface area contributed by atoms with Crippen LogP contribution in [0.4, 0.5) is 4.79 Å². The predicted octanol–water partition coefficient (Wildman–Crippen LogP) is 5.64. The molecule has 8 nitrogen and oxygen atoms in total. The Kier molecular flexibility index (Phi) is 7.99. The van der Waals surface area contributed by atoms with Gasteiger partial charge in [0.2, 0.25) is 5.91 Å². The molecular weight excluding hydrogens is 574 g/mol. The molecule has 4 rings (SSSR count). The van der Waals surface area contributed by atoms with Crippen molar-refractivity contribution in [1.82, 2.24) is 15.1 Å². The minimum atomic E-state index is -1.36. The van der Waals surface area contributed by atoms with Gasteiger partial charge in [0.25, 0.3) is 5.91 Å². The summed E-state index contributed by atoms with van der Waals surface area (Å²) in [6.07, 6.45) is 0. The first kappa shape index (κ1) is 27.5. The van der Waals surface area contributed by atoms with Crippen LogP contribution >= 0.6 is 27.5 Å². The number of urea groups is 1. The molecule has 1 saturated heterocycles. The topological polar surface area (TPSA) is 88.2 Å². The number of carbonyl (C=O) groups excluding carboxylic acids is 3. The molecule has 0 radical (unpaired) electrons. The van der Waals surface area contributed by atoms with Crippen LogP contribution in [-0.4, -0.2) is 48.3 Å². The molecule has 1 fully saturated rings. The molecule has 4 amide bonds. The summed E-state index contributed by atoms with van der Waals surface area (Å²) in [5, 5.41) is 3.28. The van der Waals surface area contributed by atoms with E-state index >= 15 is 0 Å². The van der Waals surface area contributed by atoms with Crippen LogP contribution in [0.15, 0.2) is 65.1 Å². The van der Waals surface area contributed by atoms with Crippen LogP contribution in [0.1, 0.15) is 23.6 Å². The Morgan fingerprint density at radius 3 is 2.58 bits per heavy atom. The summed E-state index contributed by atoms with van der Waals surface area (Å²) in [6, 6.07) is 17.2. The largest absolute Gasteiger partial charge is 0.496 e. The van der Waals surface area contributed by atoms with E-state index in [1.807, 2.05) is 25.1 Å². The van der Waals surface area contributed by atoms with E-state index in [1.165, 1.54) is 12.0 Å². The normalized spacial score (nSPS) is 16.8. The summed E-state index contributed by atoms with van der Waals surface area (Å²) >= 11 is 9.53. The lowest BCUT2D eigenvalue weighted by atomic mass is 9.90. The standard InChI is InChI=1S/C28H27BrClN3O5/c1-17-8-11-23(37-4)22(12-17)28(2)26(35)33(27(36)31-28)16-25(34)32(3)15-18-9-10-19(29)13-24(18)38-21-7-5-6-20(30)14-21/h5-14H,15-16H2,1-4H3,(H,31,36). The SMILES string of the molecule is COc1ccc(C)cc1C1(C)NC(=O)N(CC(=O)N(C)Cc2ccc(Br)cc2Oc2cccc(Cl)c2)C1=O. The molecule has 0 saturated carbocycles. The molecule has 0 bridgehead atoms. The highest BCUT2D eigenvalue weighted by molar-refractivity contribution is 9.10. The number of hydrogen-bond acceptors (Lipinski definition) is 5. The molecule has 38 heavy (non-hydrogen) atoms. The molecule has 3 aromatic carbocycles. The van der Waals surface area contributed by atoms with Gasteiger partial charge in [-0.2, -0.15) is 0 Å². The van der Waals surface area contributed by atoms with Crippen molar-refractivity contribution in [3.8, 4) is 17.2 Å². The molecule has 198 valence electrons. The number of hydrogen-bond donors (Lipinski definition) is 1. The fourth-order valence-electron chi connectivity index (χ4n) is 4.25. The quantitative estimate of drug-likeness (QED) is 0.338. The summed E-state index contributed by atoms with van der Waals surface area (Å²) in [5.74, 6) is 0.623.